The Morgan fingerprint density at radius 3 is 0.888 bits per heavy atom. The van der Waals surface area contributed by atoms with Gasteiger partial charge in [0.1, 0.15) is 6.61 Å². The predicted octanol–water partition coefficient (Wildman–Crippen LogP) is 9.68. The van der Waals surface area contributed by atoms with Gasteiger partial charge < -0.3 is 16.0 Å². The Bertz CT molecular complexity index is 2670. The highest BCUT2D eigenvalue weighted by Gasteiger charge is 2.36. The van der Waals surface area contributed by atoms with Gasteiger partial charge in [-0.05, 0) is 256 Å². The van der Waals surface area contributed by atoms with Crippen LogP contribution in [-0.4, -0.2) is 299 Å². The maximum atomic E-state index is 12.2. The van der Waals surface area contributed by atoms with E-state index in [2.05, 4.69) is 71.4 Å². The van der Waals surface area contributed by atoms with E-state index in [-0.39, 0.29) is 89.7 Å². The second kappa shape index (κ2) is 51.6. The van der Waals surface area contributed by atoms with Crippen molar-refractivity contribution in [3.05, 3.63) is 35.9 Å². The average molecular weight is 1510 g/mol. The van der Waals surface area contributed by atoms with E-state index in [0.717, 1.165) is 128 Å². The number of amides is 7. The summed E-state index contributed by atoms with van der Waals surface area (Å²) in [7, 11) is 20.9. The van der Waals surface area contributed by atoms with Gasteiger partial charge in [0.25, 0.3) is 23.6 Å². The number of carbonyl (C=O) groups excluding carboxylic acids is 7. The Morgan fingerprint density at radius 1 is 0.355 bits per heavy atom. The normalized spacial score (nSPS) is 25.2. The molecule has 0 aromatic heterocycles. The molecule has 7 amide bonds. The van der Waals surface area contributed by atoms with Crippen LogP contribution in [0.25, 0.3) is 0 Å². The molecule has 0 bridgehead atoms. The lowest BCUT2D eigenvalue weighted by Gasteiger charge is -2.26. The van der Waals surface area contributed by atoms with E-state index in [4.69, 9.17) is 19.4 Å². The fraction of sp³-hybridized carbons (Fsp3) is 0.841. The first-order valence-corrected chi connectivity index (χ1v) is 41.9. The average Bonchev–Trinajstić information content (AvgIpc) is 1.73. The largest absolute Gasteiger partial charge is 0.352 e. The van der Waals surface area contributed by atoms with Gasteiger partial charge in [-0.25, -0.2) is 20.3 Å². The Kier molecular flexibility index (Phi) is 44.7. The lowest BCUT2D eigenvalue weighted by Crippen LogP contribution is -2.46. The van der Waals surface area contributed by atoms with Crippen LogP contribution in [-0.2, 0) is 59.5 Å². The molecule has 3 aliphatic carbocycles. The number of likely N-dealkylation sites (N-methyl/N-ethyl adjacent to an activating group) is 11. The summed E-state index contributed by atoms with van der Waals surface area (Å²) < 4.78 is 0. The van der Waals surface area contributed by atoms with Crippen LogP contribution in [0.4, 0.5) is 0 Å². The van der Waals surface area contributed by atoms with Crippen molar-refractivity contribution in [1.29, 1.82) is 0 Å². The second-order valence-electron chi connectivity index (χ2n) is 32.1. The van der Waals surface area contributed by atoms with Crippen LogP contribution in [0.15, 0.2) is 30.3 Å². The molecule has 3 N–H and O–H groups in total. The molecule has 7 aliphatic heterocycles. The summed E-state index contributed by atoms with van der Waals surface area (Å²) in [6, 6.07) is 11.7. The molecule has 3 saturated carbocycles. The zero-order valence-corrected chi connectivity index (χ0v) is 69.6. The Balaban J connectivity index is 0.000000225. The minimum absolute atomic E-state index is 0.0127. The number of benzene rings is 1. The molecule has 10 fully saturated rings. The molecule has 1 aromatic carbocycles. The Labute approximate surface area is 647 Å². The van der Waals surface area contributed by atoms with Crippen molar-refractivity contribution < 1.29 is 52.9 Å². The summed E-state index contributed by atoms with van der Waals surface area (Å²) in [6.07, 6.45) is 38.6. The van der Waals surface area contributed by atoms with Crippen LogP contribution in [0.3, 0.4) is 0 Å². The summed E-state index contributed by atoms with van der Waals surface area (Å²) in [5, 5.41) is 15.2. The van der Waals surface area contributed by atoms with E-state index in [1.807, 2.05) is 86.2 Å². The van der Waals surface area contributed by atoms with Crippen molar-refractivity contribution in [2.24, 2.45) is 0 Å². The minimum Gasteiger partial charge on any atom is -0.352 e. The molecule has 0 spiro atoms. The molecular formula is C82H150N14O11. The Hall–Kier alpha value is -4.93. The van der Waals surface area contributed by atoms with Crippen LogP contribution >= 0.6 is 0 Å². The van der Waals surface area contributed by atoms with Gasteiger partial charge in [-0.3, -0.25) is 87.2 Å². The molecular weight excluding hydrogens is 1360 g/mol. The number of nitrogens with one attached hydrogen (secondary N) is 3. The van der Waals surface area contributed by atoms with E-state index in [9.17, 15) is 33.6 Å². The van der Waals surface area contributed by atoms with E-state index in [1.54, 1.807) is 28.2 Å². The highest BCUT2D eigenvalue weighted by molar-refractivity contribution is 5.84. The lowest BCUT2D eigenvalue weighted by molar-refractivity contribution is -0.195. The Morgan fingerprint density at radius 2 is 0.617 bits per heavy atom. The molecule has 25 heteroatoms. The summed E-state index contributed by atoms with van der Waals surface area (Å²) in [4.78, 5) is 120. The molecule has 7 atom stereocenters. The van der Waals surface area contributed by atoms with Gasteiger partial charge in [0.2, 0.25) is 17.7 Å². The van der Waals surface area contributed by atoms with Crippen LogP contribution in [0.1, 0.15) is 245 Å². The minimum atomic E-state index is -0.0224. The smallest absolute Gasteiger partial charge is 0.263 e. The molecule has 614 valence electrons. The van der Waals surface area contributed by atoms with Crippen LogP contribution in [0, 0.1) is 0 Å². The zero-order chi connectivity index (χ0) is 78.2. The molecule has 0 unspecified atom stereocenters. The van der Waals surface area contributed by atoms with Crippen molar-refractivity contribution in [3.63, 3.8) is 0 Å². The molecule has 0 radical (unpaired) electrons. The molecule has 11 rings (SSSR count). The van der Waals surface area contributed by atoms with E-state index < -0.39 is 0 Å². The fourth-order valence-electron chi connectivity index (χ4n) is 16.3. The molecule has 10 aliphatic rings. The SMILES string of the molecule is CC(C)ON(C)C(=O)[C@@H]1CCCN1C.CCCON(C)C(=O)[C@@H]1CCCN1C.CCON(C)C(=O)[C@@H]1CCCN1C.CN(OCc1ccccc1)C(=O)[C@@H]1CCCN1C.CN1CCC[C@H]1C(=O)NC1CCCCC1.CN1CCC[C@H]1C(=O)NC1CCCCCC1.CN1CCC[C@H]1C(=O)NC1CCCCCCC1. The van der Waals surface area contributed by atoms with Crippen molar-refractivity contribution >= 4 is 41.4 Å². The van der Waals surface area contributed by atoms with Crippen molar-refractivity contribution in [2.75, 3.05) is 137 Å². The summed E-state index contributed by atoms with van der Waals surface area (Å²) in [5.74, 6) is 1.08. The lowest BCUT2D eigenvalue weighted by atomic mass is 9.95. The third kappa shape index (κ3) is 33.5. The van der Waals surface area contributed by atoms with E-state index in [1.165, 1.54) is 155 Å². The topological polar surface area (TPSA) is 228 Å². The van der Waals surface area contributed by atoms with Gasteiger partial charge in [0, 0.05) is 46.3 Å². The molecule has 25 nitrogen and oxygen atoms in total. The predicted molar refractivity (Wildman–Crippen MR) is 425 cm³/mol. The molecule has 7 heterocycles. The third-order valence-electron chi connectivity index (χ3n) is 23.0. The number of rotatable bonds is 20. The molecule has 107 heavy (non-hydrogen) atoms. The number of hydrogen-bond acceptors (Lipinski definition) is 18. The number of likely N-dealkylation sites (tertiary alicyclic amines) is 7. The number of nitrogens with zero attached hydrogens (tertiary/aromatic N) is 11. The number of hydrogen-bond donors (Lipinski definition) is 3. The van der Waals surface area contributed by atoms with Crippen molar-refractivity contribution in [2.45, 2.75) is 313 Å². The number of carbonyl (C=O) groups is 7. The van der Waals surface area contributed by atoms with Crippen LogP contribution in [0.2, 0.25) is 0 Å². The van der Waals surface area contributed by atoms with Crippen LogP contribution in [0.5, 0.6) is 0 Å². The first-order chi connectivity index (χ1) is 51.3. The first kappa shape index (κ1) is 92.7. The first-order valence-electron chi connectivity index (χ1n) is 41.9. The van der Waals surface area contributed by atoms with Gasteiger partial charge in [-0.2, -0.15) is 0 Å². The van der Waals surface area contributed by atoms with Gasteiger partial charge in [-0.15, -0.1) is 0 Å². The highest BCUT2D eigenvalue weighted by atomic mass is 16.7. The van der Waals surface area contributed by atoms with E-state index >= 15 is 0 Å². The van der Waals surface area contributed by atoms with Crippen molar-refractivity contribution in [3.8, 4) is 0 Å². The summed E-state index contributed by atoms with van der Waals surface area (Å²) >= 11 is 0. The van der Waals surface area contributed by atoms with Gasteiger partial charge >= 0.3 is 0 Å². The summed E-state index contributed by atoms with van der Waals surface area (Å²) in [5.41, 5.74) is 1.07. The monoisotopic (exact) mass is 1510 g/mol. The molecule has 7 saturated heterocycles. The van der Waals surface area contributed by atoms with Crippen LogP contribution < -0.4 is 16.0 Å². The van der Waals surface area contributed by atoms with Gasteiger partial charge in [0.15, 0.2) is 0 Å². The highest BCUT2D eigenvalue weighted by Crippen LogP contribution is 2.25. The van der Waals surface area contributed by atoms with Crippen molar-refractivity contribution in [1.82, 2.24) is 70.5 Å². The standard InChI is InChI=1S/C14H20N2O2.C14H26N2O.C13H24N2O.C12H22N2O.2C10H20N2O2.C9H18N2O2/c1-15-10-6-9-13(15)14(17)16(2)18-11-12-7-4-3-5-8-12;1-16-11-7-10-13(16)14(17)15-12-8-5-3-2-4-6-9-12;1-15-10-6-9-12(15)13(16)14-11-7-4-2-3-5-8-11;1-14-9-5-8-11(14)12(15)13-10-6-3-2-4-7-10;1-8(2)14-12(4)10(13)9-6-5-7-11(9)3;1-4-8-14-12(3)10(13)9-6-5-7-11(9)2;1-4-13-11(3)9(12)8-6-5-7-10(8)2/h3-5,7-8,13H,6,9-11H2,1-2H3;12-13H,2-11H2,1H3,(H,15,17);11-12H,2-10H2,1H3,(H,14,16);10-11H,2-9H2,1H3,(H,13,15);8-9H,5-7H2,1-4H3;9H,4-8H2,1-3H3;8H,4-7H2,1-3H3/t2*13-;12-;11-;2*9-;8-/m0000000/s1. The third-order valence-corrected chi connectivity index (χ3v) is 23.0. The fourth-order valence-corrected chi connectivity index (χ4v) is 16.3. The van der Waals surface area contributed by atoms with E-state index in [0.29, 0.717) is 37.9 Å². The zero-order valence-electron chi connectivity index (χ0n) is 69.6. The van der Waals surface area contributed by atoms with Gasteiger partial charge in [-0.1, -0.05) is 114 Å². The summed E-state index contributed by atoms with van der Waals surface area (Å²) in [6.45, 7) is 16.6. The second-order valence-corrected chi connectivity index (χ2v) is 32.1. The van der Waals surface area contributed by atoms with Gasteiger partial charge in [0.05, 0.1) is 61.6 Å². The number of hydroxylamine groups is 8. The molecule has 1 aromatic rings. The maximum absolute atomic E-state index is 12.2. The quantitative estimate of drug-likeness (QED) is 0.0815. The maximum Gasteiger partial charge on any atom is 0.263 e.